The molecule has 19 heavy (non-hydrogen) atoms. The zero-order valence-electron chi connectivity index (χ0n) is 10.2. The van der Waals surface area contributed by atoms with Crippen LogP contribution >= 0.6 is 22.6 Å². The van der Waals surface area contributed by atoms with Gasteiger partial charge >= 0.3 is 0 Å². The Balaban J connectivity index is 2.33. The highest BCUT2D eigenvalue weighted by Gasteiger charge is 2.12. The van der Waals surface area contributed by atoms with Crippen molar-refractivity contribution in [3.05, 3.63) is 51.3 Å². The molecule has 0 saturated heterocycles. The highest BCUT2D eigenvalue weighted by molar-refractivity contribution is 14.1. The van der Waals surface area contributed by atoms with Gasteiger partial charge in [0.2, 0.25) is 5.95 Å². The van der Waals surface area contributed by atoms with Crippen LogP contribution in [-0.4, -0.2) is 9.55 Å². The summed E-state index contributed by atoms with van der Waals surface area (Å²) in [6.45, 7) is 2.01. The molecule has 0 radical (unpaired) electrons. The van der Waals surface area contributed by atoms with Crippen LogP contribution in [-0.2, 0) is 0 Å². The summed E-state index contributed by atoms with van der Waals surface area (Å²) in [4.78, 5) is 4.36. The van der Waals surface area contributed by atoms with E-state index in [0.717, 1.165) is 25.9 Å². The van der Waals surface area contributed by atoms with Crippen LogP contribution in [0, 0.1) is 16.3 Å². The molecule has 0 spiro atoms. The lowest BCUT2D eigenvalue weighted by molar-refractivity contribution is 0.626. The molecule has 0 bridgehead atoms. The molecule has 0 amide bonds. The fourth-order valence-corrected chi connectivity index (χ4v) is 2.84. The van der Waals surface area contributed by atoms with Crippen LogP contribution in [0.4, 0.5) is 10.3 Å². The van der Waals surface area contributed by atoms with E-state index >= 15 is 0 Å². The van der Waals surface area contributed by atoms with Gasteiger partial charge in [-0.25, -0.2) is 9.37 Å². The molecule has 96 valence electrons. The van der Waals surface area contributed by atoms with Crippen molar-refractivity contribution in [2.24, 2.45) is 0 Å². The van der Waals surface area contributed by atoms with Crippen molar-refractivity contribution in [1.82, 2.24) is 9.55 Å². The molecule has 5 heteroatoms. The molecule has 0 aliphatic carbocycles. The predicted molar refractivity (Wildman–Crippen MR) is 82.9 cm³/mol. The third kappa shape index (κ3) is 2.07. The van der Waals surface area contributed by atoms with Gasteiger partial charge < -0.3 is 5.73 Å². The largest absolute Gasteiger partial charge is 0.369 e. The Morgan fingerprint density at radius 2 is 2.00 bits per heavy atom. The second-order valence-electron chi connectivity index (χ2n) is 4.39. The number of benzene rings is 2. The number of hydrogen-bond donors (Lipinski definition) is 1. The Morgan fingerprint density at radius 3 is 2.74 bits per heavy atom. The maximum absolute atomic E-state index is 13.2. The summed E-state index contributed by atoms with van der Waals surface area (Å²) in [7, 11) is 0. The van der Waals surface area contributed by atoms with Crippen LogP contribution in [0.2, 0.25) is 0 Å². The van der Waals surface area contributed by atoms with E-state index in [4.69, 9.17) is 5.73 Å². The minimum atomic E-state index is -0.257. The van der Waals surface area contributed by atoms with E-state index in [1.165, 1.54) is 12.1 Å². The Morgan fingerprint density at radius 1 is 1.21 bits per heavy atom. The smallest absolute Gasteiger partial charge is 0.205 e. The third-order valence-corrected chi connectivity index (χ3v) is 3.85. The van der Waals surface area contributed by atoms with E-state index in [0.29, 0.717) is 5.95 Å². The summed E-state index contributed by atoms with van der Waals surface area (Å²) in [5.41, 5.74) is 9.74. The first-order chi connectivity index (χ1) is 9.06. The Kier molecular flexibility index (Phi) is 2.93. The summed E-state index contributed by atoms with van der Waals surface area (Å²) in [6.07, 6.45) is 0. The molecule has 0 unspecified atom stereocenters. The van der Waals surface area contributed by atoms with Crippen LogP contribution in [0.5, 0.6) is 0 Å². The van der Waals surface area contributed by atoms with Gasteiger partial charge in [-0.2, -0.15) is 0 Å². The summed E-state index contributed by atoms with van der Waals surface area (Å²) in [5, 5.41) is 0. The number of aryl methyl sites for hydroxylation is 1. The van der Waals surface area contributed by atoms with E-state index < -0.39 is 0 Å². The molecule has 2 aromatic carbocycles. The minimum absolute atomic E-state index is 0.257. The molecule has 0 fully saturated rings. The van der Waals surface area contributed by atoms with Gasteiger partial charge in [0.1, 0.15) is 5.82 Å². The van der Waals surface area contributed by atoms with Gasteiger partial charge in [-0.05, 0) is 65.4 Å². The molecule has 3 nitrogen and oxygen atoms in total. The van der Waals surface area contributed by atoms with Crippen molar-refractivity contribution >= 4 is 39.6 Å². The second-order valence-corrected chi connectivity index (χ2v) is 5.56. The number of rotatable bonds is 1. The van der Waals surface area contributed by atoms with Gasteiger partial charge in [-0.3, -0.25) is 4.57 Å². The normalized spacial score (nSPS) is 11.1. The topological polar surface area (TPSA) is 43.8 Å². The molecule has 3 aromatic rings. The predicted octanol–water partition coefficient (Wildman–Crippen LogP) is 3.66. The van der Waals surface area contributed by atoms with E-state index in [1.54, 1.807) is 6.07 Å². The van der Waals surface area contributed by atoms with Gasteiger partial charge in [0.15, 0.2) is 0 Å². The zero-order valence-corrected chi connectivity index (χ0v) is 12.3. The first-order valence-electron chi connectivity index (χ1n) is 5.76. The van der Waals surface area contributed by atoms with Crippen molar-refractivity contribution in [2.45, 2.75) is 6.92 Å². The van der Waals surface area contributed by atoms with E-state index in [1.807, 2.05) is 29.7 Å². The average molecular weight is 367 g/mol. The fourth-order valence-electron chi connectivity index (χ4n) is 2.12. The molecule has 3 rings (SSSR count). The first kappa shape index (κ1) is 12.4. The van der Waals surface area contributed by atoms with Crippen LogP contribution in [0.3, 0.4) is 0 Å². The fraction of sp³-hybridized carbons (Fsp3) is 0.0714. The maximum atomic E-state index is 13.2. The van der Waals surface area contributed by atoms with Gasteiger partial charge in [0.05, 0.1) is 16.7 Å². The number of imidazole rings is 1. The number of nitrogens with two attached hydrogens (primary N) is 1. The van der Waals surface area contributed by atoms with Gasteiger partial charge in [0.25, 0.3) is 0 Å². The van der Waals surface area contributed by atoms with Gasteiger partial charge in [-0.1, -0.05) is 6.07 Å². The van der Waals surface area contributed by atoms with E-state index in [2.05, 4.69) is 27.6 Å². The minimum Gasteiger partial charge on any atom is -0.369 e. The quantitative estimate of drug-likeness (QED) is 0.668. The molecule has 0 aliphatic heterocycles. The number of nitrogens with zero attached hydrogens (tertiary/aromatic N) is 2. The zero-order chi connectivity index (χ0) is 13.6. The third-order valence-electron chi connectivity index (χ3n) is 2.99. The molecule has 0 saturated carbocycles. The Bertz CT molecular complexity index is 780. The highest BCUT2D eigenvalue weighted by atomic mass is 127. The van der Waals surface area contributed by atoms with E-state index in [9.17, 15) is 4.39 Å². The average Bonchev–Trinajstić information content (AvgIpc) is 2.65. The van der Waals surface area contributed by atoms with Crippen molar-refractivity contribution < 1.29 is 4.39 Å². The van der Waals surface area contributed by atoms with Crippen molar-refractivity contribution in [3.63, 3.8) is 0 Å². The molecule has 1 heterocycles. The maximum Gasteiger partial charge on any atom is 0.205 e. The lowest BCUT2D eigenvalue weighted by atomic mass is 10.2. The van der Waals surface area contributed by atoms with Crippen molar-refractivity contribution in [2.75, 3.05) is 5.73 Å². The molecule has 0 atom stereocenters. The van der Waals surface area contributed by atoms with Crippen LogP contribution in [0.15, 0.2) is 36.4 Å². The Hall–Kier alpha value is -1.63. The first-order valence-corrected chi connectivity index (χ1v) is 6.84. The summed E-state index contributed by atoms with van der Waals surface area (Å²) < 4.78 is 15.8. The molecule has 1 aromatic heterocycles. The number of halogens is 2. The highest BCUT2D eigenvalue weighted by Crippen LogP contribution is 2.27. The monoisotopic (exact) mass is 367 g/mol. The van der Waals surface area contributed by atoms with E-state index in [-0.39, 0.29) is 5.82 Å². The molecular weight excluding hydrogens is 356 g/mol. The summed E-state index contributed by atoms with van der Waals surface area (Å²) in [6, 6.07) is 10.6. The standard InChI is InChI=1S/C14H11FIN3/c1-8-2-4-13-11(6-8)18-14(17)19(13)12-5-3-9(15)7-10(12)16/h2-7H,1H3,(H2,17,18). The lowest BCUT2D eigenvalue weighted by Gasteiger charge is -2.09. The van der Waals surface area contributed by atoms with Crippen LogP contribution in [0.1, 0.15) is 5.56 Å². The van der Waals surface area contributed by atoms with Crippen molar-refractivity contribution in [1.29, 1.82) is 0 Å². The van der Waals surface area contributed by atoms with Crippen molar-refractivity contribution in [3.8, 4) is 5.69 Å². The van der Waals surface area contributed by atoms with Gasteiger partial charge in [-0.15, -0.1) is 0 Å². The van der Waals surface area contributed by atoms with Crippen LogP contribution in [0.25, 0.3) is 16.7 Å². The van der Waals surface area contributed by atoms with Crippen LogP contribution < -0.4 is 5.73 Å². The number of hydrogen-bond acceptors (Lipinski definition) is 2. The number of fused-ring (bicyclic) bond motifs is 1. The number of nitrogen functional groups attached to an aromatic ring is 1. The molecule has 2 N–H and O–H groups in total. The SMILES string of the molecule is Cc1ccc2c(c1)nc(N)n2-c1ccc(F)cc1I. The lowest BCUT2D eigenvalue weighted by Crippen LogP contribution is -2.02. The molecule has 0 aliphatic rings. The number of aromatic nitrogens is 2. The van der Waals surface area contributed by atoms with Gasteiger partial charge in [0, 0.05) is 3.57 Å². The molecular formula is C14H11FIN3. The summed E-state index contributed by atoms with van der Waals surface area (Å²) in [5.74, 6) is 0.150. The second kappa shape index (κ2) is 4.48. The summed E-state index contributed by atoms with van der Waals surface area (Å²) >= 11 is 2.10. The number of anilines is 1. The Labute approximate surface area is 123 Å².